The van der Waals surface area contributed by atoms with Gasteiger partial charge in [-0.25, -0.2) is 4.79 Å². The molecular weight excluding hydrogens is 232 g/mol. The molecule has 5 heteroatoms. The minimum absolute atomic E-state index is 0.165. The van der Waals surface area contributed by atoms with E-state index in [9.17, 15) is 9.59 Å². The number of hydrogen-bond acceptors (Lipinski definition) is 4. The Morgan fingerprint density at radius 1 is 1.39 bits per heavy atom. The number of benzene rings is 1. The molecule has 0 heterocycles. The number of nitrogens with one attached hydrogen (secondary N) is 1. The van der Waals surface area contributed by atoms with Crippen molar-refractivity contribution in [2.75, 3.05) is 0 Å². The van der Waals surface area contributed by atoms with E-state index < -0.39 is 17.9 Å². The van der Waals surface area contributed by atoms with Crippen molar-refractivity contribution in [3.05, 3.63) is 35.9 Å². The van der Waals surface area contributed by atoms with Gasteiger partial charge in [0.05, 0.1) is 6.07 Å². The van der Waals surface area contributed by atoms with Crippen LogP contribution in [0.4, 0.5) is 0 Å². The zero-order chi connectivity index (χ0) is 13.4. The van der Waals surface area contributed by atoms with E-state index >= 15 is 0 Å². The van der Waals surface area contributed by atoms with Gasteiger partial charge in [-0.05, 0) is 12.5 Å². The van der Waals surface area contributed by atoms with E-state index in [-0.39, 0.29) is 13.0 Å². The number of carbonyl (C=O) groups excluding carboxylic acids is 2. The minimum Gasteiger partial charge on any atom is -0.459 e. The molecule has 0 aliphatic rings. The second-order valence-corrected chi connectivity index (χ2v) is 3.72. The number of amides is 1. The normalized spacial score (nSPS) is 11.1. The lowest BCUT2D eigenvalue weighted by molar-refractivity contribution is -0.148. The summed E-state index contributed by atoms with van der Waals surface area (Å²) in [5.41, 5.74) is 0.876. The monoisotopic (exact) mass is 246 g/mol. The number of nitriles is 1. The van der Waals surface area contributed by atoms with Gasteiger partial charge in [-0.15, -0.1) is 0 Å². The number of nitrogens with zero attached hydrogens (tertiary/aromatic N) is 1. The van der Waals surface area contributed by atoms with Crippen molar-refractivity contribution >= 4 is 11.9 Å². The van der Waals surface area contributed by atoms with Crippen LogP contribution in [0.15, 0.2) is 30.3 Å². The van der Waals surface area contributed by atoms with Crippen molar-refractivity contribution in [2.45, 2.75) is 26.0 Å². The first-order chi connectivity index (χ1) is 8.63. The van der Waals surface area contributed by atoms with Gasteiger partial charge in [0.25, 0.3) is 0 Å². The van der Waals surface area contributed by atoms with Crippen LogP contribution < -0.4 is 5.32 Å². The summed E-state index contributed by atoms with van der Waals surface area (Å²) in [6.07, 6.45) is -0.268. The highest BCUT2D eigenvalue weighted by Gasteiger charge is 2.16. The van der Waals surface area contributed by atoms with E-state index in [1.165, 1.54) is 6.92 Å². The second-order valence-electron chi connectivity index (χ2n) is 3.72. The summed E-state index contributed by atoms with van der Waals surface area (Å²) in [6, 6.07) is 10.2. The lowest BCUT2D eigenvalue weighted by atomic mass is 10.2. The molecule has 0 saturated carbocycles. The number of rotatable bonds is 5. The molecule has 94 valence electrons. The van der Waals surface area contributed by atoms with Crippen molar-refractivity contribution in [1.82, 2.24) is 5.32 Å². The largest absolute Gasteiger partial charge is 0.459 e. The number of ether oxygens (including phenoxy) is 1. The molecule has 0 saturated heterocycles. The highest BCUT2D eigenvalue weighted by Crippen LogP contribution is 2.01. The van der Waals surface area contributed by atoms with Gasteiger partial charge >= 0.3 is 5.97 Å². The lowest BCUT2D eigenvalue weighted by Gasteiger charge is -2.12. The Morgan fingerprint density at radius 2 is 2.06 bits per heavy atom. The first-order valence-electron chi connectivity index (χ1n) is 5.50. The first kappa shape index (κ1) is 13.7. The Bertz CT molecular complexity index is 451. The van der Waals surface area contributed by atoms with Crippen LogP contribution in [0, 0.1) is 11.3 Å². The predicted molar refractivity (Wildman–Crippen MR) is 64.1 cm³/mol. The van der Waals surface area contributed by atoms with Crippen LogP contribution in [-0.4, -0.2) is 17.9 Å². The van der Waals surface area contributed by atoms with Crippen LogP contribution in [0.5, 0.6) is 0 Å². The van der Waals surface area contributed by atoms with Gasteiger partial charge in [-0.1, -0.05) is 30.3 Å². The van der Waals surface area contributed by atoms with Crippen LogP contribution in [0.25, 0.3) is 0 Å². The lowest BCUT2D eigenvalue weighted by Crippen LogP contribution is -2.39. The Kier molecular flexibility index (Phi) is 5.39. The van der Waals surface area contributed by atoms with Crippen LogP contribution in [-0.2, 0) is 20.9 Å². The molecule has 1 aromatic carbocycles. The maximum atomic E-state index is 11.5. The molecule has 5 nitrogen and oxygen atoms in total. The molecule has 1 atom stereocenters. The van der Waals surface area contributed by atoms with E-state index in [1.807, 2.05) is 30.3 Å². The Balaban J connectivity index is 2.37. The molecule has 0 aromatic heterocycles. The van der Waals surface area contributed by atoms with Gasteiger partial charge in [0.1, 0.15) is 19.1 Å². The van der Waals surface area contributed by atoms with Crippen LogP contribution in [0.1, 0.15) is 18.9 Å². The zero-order valence-electron chi connectivity index (χ0n) is 10.1. The zero-order valence-corrected chi connectivity index (χ0v) is 10.1. The van der Waals surface area contributed by atoms with Crippen LogP contribution in [0.3, 0.4) is 0 Å². The highest BCUT2D eigenvalue weighted by atomic mass is 16.5. The van der Waals surface area contributed by atoms with Crippen molar-refractivity contribution in [3.63, 3.8) is 0 Å². The van der Waals surface area contributed by atoms with Crippen LogP contribution in [0.2, 0.25) is 0 Å². The molecule has 0 spiro atoms. The summed E-state index contributed by atoms with van der Waals surface area (Å²) < 4.78 is 5.03. The van der Waals surface area contributed by atoms with E-state index in [0.717, 1.165) is 5.56 Å². The SMILES string of the molecule is CC(NC(=O)CC#N)C(=O)OCc1ccccc1. The second kappa shape index (κ2) is 7.07. The summed E-state index contributed by atoms with van der Waals surface area (Å²) in [5.74, 6) is -1.01. The van der Waals surface area contributed by atoms with E-state index in [4.69, 9.17) is 10.00 Å². The van der Waals surface area contributed by atoms with Gasteiger partial charge in [-0.3, -0.25) is 4.79 Å². The fourth-order valence-electron chi connectivity index (χ4n) is 1.28. The Labute approximate surface area is 105 Å². The highest BCUT2D eigenvalue weighted by molar-refractivity contribution is 5.85. The molecule has 1 unspecified atom stereocenters. The fraction of sp³-hybridized carbons (Fsp3) is 0.308. The summed E-state index contributed by atoms with van der Waals surface area (Å²) in [5, 5.41) is 10.7. The van der Waals surface area contributed by atoms with Gasteiger partial charge in [0.15, 0.2) is 0 Å². The van der Waals surface area contributed by atoms with E-state index in [2.05, 4.69) is 5.32 Å². The third-order valence-corrected chi connectivity index (χ3v) is 2.19. The van der Waals surface area contributed by atoms with Crippen molar-refractivity contribution in [3.8, 4) is 6.07 Å². The smallest absolute Gasteiger partial charge is 0.328 e. The third-order valence-electron chi connectivity index (χ3n) is 2.19. The van der Waals surface area contributed by atoms with Crippen molar-refractivity contribution < 1.29 is 14.3 Å². The topological polar surface area (TPSA) is 79.2 Å². The first-order valence-corrected chi connectivity index (χ1v) is 5.50. The van der Waals surface area contributed by atoms with Gasteiger partial charge in [0, 0.05) is 0 Å². The summed E-state index contributed by atoms with van der Waals surface area (Å²) in [6.45, 7) is 1.68. The summed E-state index contributed by atoms with van der Waals surface area (Å²) >= 11 is 0. The quantitative estimate of drug-likeness (QED) is 0.790. The maximum Gasteiger partial charge on any atom is 0.328 e. The maximum absolute atomic E-state index is 11.5. The molecule has 0 aliphatic carbocycles. The fourth-order valence-corrected chi connectivity index (χ4v) is 1.28. The molecule has 1 aromatic rings. The van der Waals surface area contributed by atoms with Gasteiger partial charge in [0.2, 0.25) is 5.91 Å². The molecule has 0 radical (unpaired) electrons. The number of hydrogen-bond donors (Lipinski definition) is 1. The van der Waals surface area contributed by atoms with E-state index in [1.54, 1.807) is 6.07 Å². The average Bonchev–Trinajstić information content (AvgIpc) is 2.37. The summed E-state index contributed by atoms with van der Waals surface area (Å²) in [7, 11) is 0. The van der Waals surface area contributed by atoms with Crippen molar-refractivity contribution in [1.29, 1.82) is 5.26 Å². The van der Waals surface area contributed by atoms with E-state index in [0.29, 0.717) is 0 Å². The molecule has 1 rings (SSSR count). The number of esters is 1. The van der Waals surface area contributed by atoms with Crippen LogP contribution >= 0.6 is 0 Å². The molecule has 0 fully saturated rings. The molecule has 0 bridgehead atoms. The average molecular weight is 246 g/mol. The minimum atomic E-state index is -0.755. The molecule has 1 amide bonds. The van der Waals surface area contributed by atoms with Crippen molar-refractivity contribution in [2.24, 2.45) is 0 Å². The standard InChI is InChI=1S/C13H14N2O3/c1-10(15-12(16)7-8-14)13(17)18-9-11-5-3-2-4-6-11/h2-6,10H,7,9H2,1H3,(H,15,16). The molecule has 1 N–H and O–H groups in total. The Morgan fingerprint density at radius 3 is 2.67 bits per heavy atom. The summed E-state index contributed by atoms with van der Waals surface area (Å²) in [4.78, 5) is 22.6. The molecule has 18 heavy (non-hydrogen) atoms. The Hall–Kier alpha value is -2.35. The van der Waals surface area contributed by atoms with Gasteiger partial charge < -0.3 is 10.1 Å². The molecule has 0 aliphatic heterocycles. The molecular formula is C13H14N2O3. The number of carbonyl (C=O) groups is 2. The van der Waals surface area contributed by atoms with Gasteiger partial charge in [-0.2, -0.15) is 5.26 Å². The third kappa shape index (κ3) is 4.66. The predicted octanol–water partition coefficient (Wildman–Crippen LogP) is 1.15.